The number of carbonyl (C=O) groups is 1. The van der Waals surface area contributed by atoms with Gasteiger partial charge in [-0.3, -0.25) is 4.79 Å². The highest BCUT2D eigenvalue weighted by Crippen LogP contribution is 2.18. The Morgan fingerprint density at radius 2 is 1.71 bits per heavy atom. The first kappa shape index (κ1) is 12.2. The summed E-state index contributed by atoms with van der Waals surface area (Å²) in [5.41, 5.74) is 0.632. The Morgan fingerprint density at radius 3 is 2.35 bits per heavy atom. The van der Waals surface area contributed by atoms with E-state index in [0.29, 0.717) is 9.13 Å². The topological polar surface area (TPSA) is 17.1 Å². The van der Waals surface area contributed by atoms with E-state index in [1.54, 1.807) is 0 Å². The Balaban J connectivity index is 2.44. The monoisotopic (exact) mass is 344 g/mol. The van der Waals surface area contributed by atoms with Crippen molar-refractivity contribution in [3.05, 3.63) is 68.8 Å². The van der Waals surface area contributed by atoms with Crippen LogP contribution in [-0.2, 0) is 0 Å². The van der Waals surface area contributed by atoms with Crippen molar-refractivity contribution in [1.82, 2.24) is 0 Å². The molecule has 2 aromatic carbocycles. The molecule has 0 radical (unpaired) electrons. The number of halogens is 3. The molecule has 0 amide bonds. The Bertz CT molecular complexity index is 581. The van der Waals surface area contributed by atoms with Crippen molar-refractivity contribution in [1.29, 1.82) is 0 Å². The molecule has 1 nitrogen and oxygen atoms in total. The van der Waals surface area contributed by atoms with E-state index in [-0.39, 0.29) is 11.3 Å². The number of hydrogen-bond acceptors (Lipinski definition) is 1. The molecule has 0 bridgehead atoms. The van der Waals surface area contributed by atoms with Gasteiger partial charge in [-0.15, -0.1) is 0 Å². The second-order valence-electron chi connectivity index (χ2n) is 3.46. The summed E-state index contributed by atoms with van der Waals surface area (Å²) in [5, 5.41) is 0. The van der Waals surface area contributed by atoms with Gasteiger partial charge in [0.15, 0.2) is 5.78 Å². The van der Waals surface area contributed by atoms with E-state index < -0.39 is 11.6 Å². The summed E-state index contributed by atoms with van der Waals surface area (Å²) in [4.78, 5) is 12.0. The van der Waals surface area contributed by atoms with Gasteiger partial charge in [-0.1, -0.05) is 12.1 Å². The molecule has 0 saturated heterocycles. The van der Waals surface area contributed by atoms with Gasteiger partial charge in [0.1, 0.15) is 11.6 Å². The lowest BCUT2D eigenvalue weighted by Crippen LogP contribution is -2.04. The molecule has 86 valence electrons. The molecule has 0 heterocycles. The minimum atomic E-state index is -0.465. The second-order valence-corrected chi connectivity index (χ2v) is 4.63. The van der Waals surface area contributed by atoms with Gasteiger partial charge < -0.3 is 0 Å². The molecular formula is C13H7F2IO. The number of carbonyl (C=O) groups excluding carboxylic acids is 1. The van der Waals surface area contributed by atoms with Crippen LogP contribution in [0, 0.1) is 15.2 Å². The SMILES string of the molecule is O=C(c1cccc(F)c1)c1ccc(F)cc1I. The molecule has 0 unspecified atom stereocenters. The van der Waals surface area contributed by atoms with Crippen LogP contribution in [0.1, 0.15) is 15.9 Å². The van der Waals surface area contributed by atoms with Gasteiger partial charge in [0.25, 0.3) is 0 Å². The Morgan fingerprint density at radius 1 is 1.00 bits per heavy atom. The fraction of sp³-hybridized carbons (Fsp3) is 0. The van der Waals surface area contributed by atoms with Crippen molar-refractivity contribution >= 4 is 28.4 Å². The maximum absolute atomic E-state index is 13.0. The van der Waals surface area contributed by atoms with Crippen molar-refractivity contribution in [3.63, 3.8) is 0 Å². The smallest absolute Gasteiger partial charge is 0.194 e. The van der Waals surface area contributed by atoms with Crippen molar-refractivity contribution in [3.8, 4) is 0 Å². The molecular weight excluding hydrogens is 337 g/mol. The maximum atomic E-state index is 13.0. The quantitative estimate of drug-likeness (QED) is 0.598. The van der Waals surface area contributed by atoms with Gasteiger partial charge in [-0.25, -0.2) is 8.78 Å². The number of hydrogen-bond donors (Lipinski definition) is 0. The summed E-state index contributed by atoms with van der Waals surface area (Å²) >= 11 is 1.88. The predicted octanol–water partition coefficient (Wildman–Crippen LogP) is 3.80. The zero-order valence-corrected chi connectivity index (χ0v) is 10.7. The largest absolute Gasteiger partial charge is 0.289 e. The molecule has 0 N–H and O–H groups in total. The first-order valence-corrected chi connectivity index (χ1v) is 5.91. The van der Waals surface area contributed by atoms with Crippen LogP contribution < -0.4 is 0 Å². The van der Waals surface area contributed by atoms with Crippen molar-refractivity contribution in [2.24, 2.45) is 0 Å². The third kappa shape index (κ3) is 2.69. The molecule has 0 atom stereocenters. The van der Waals surface area contributed by atoms with Crippen LogP contribution in [0.15, 0.2) is 42.5 Å². The molecule has 2 aromatic rings. The molecule has 0 aliphatic rings. The van der Waals surface area contributed by atoms with Gasteiger partial charge in [0.2, 0.25) is 0 Å². The summed E-state index contributed by atoms with van der Waals surface area (Å²) in [6.07, 6.45) is 0. The summed E-state index contributed by atoms with van der Waals surface area (Å²) in [6.45, 7) is 0. The normalized spacial score (nSPS) is 10.3. The van der Waals surface area contributed by atoms with Crippen molar-refractivity contribution < 1.29 is 13.6 Å². The average molecular weight is 344 g/mol. The van der Waals surface area contributed by atoms with Crippen molar-refractivity contribution in [2.45, 2.75) is 0 Å². The molecule has 2 rings (SSSR count). The van der Waals surface area contributed by atoms with Gasteiger partial charge in [-0.2, -0.15) is 0 Å². The van der Waals surface area contributed by atoms with E-state index in [9.17, 15) is 13.6 Å². The summed E-state index contributed by atoms with van der Waals surface area (Å²) in [6, 6.07) is 9.34. The van der Waals surface area contributed by atoms with Crippen LogP contribution in [0.2, 0.25) is 0 Å². The Labute approximate surface area is 111 Å². The number of benzene rings is 2. The van der Waals surface area contributed by atoms with Crippen LogP contribution in [0.3, 0.4) is 0 Å². The van der Waals surface area contributed by atoms with Crippen molar-refractivity contribution in [2.75, 3.05) is 0 Å². The number of rotatable bonds is 2. The number of ketones is 1. The third-order valence-electron chi connectivity index (χ3n) is 2.26. The fourth-order valence-corrected chi connectivity index (χ4v) is 2.18. The zero-order valence-electron chi connectivity index (χ0n) is 8.58. The van der Waals surface area contributed by atoms with E-state index in [4.69, 9.17) is 0 Å². The highest BCUT2D eigenvalue weighted by atomic mass is 127. The van der Waals surface area contributed by atoms with Gasteiger partial charge in [0.05, 0.1) is 0 Å². The molecule has 0 saturated carbocycles. The van der Waals surface area contributed by atoms with E-state index in [1.807, 2.05) is 22.6 Å². The fourth-order valence-electron chi connectivity index (χ4n) is 1.46. The summed E-state index contributed by atoms with van der Waals surface area (Å²) in [5.74, 6) is -1.17. The van der Waals surface area contributed by atoms with Gasteiger partial charge in [-0.05, 0) is 52.9 Å². The van der Waals surface area contributed by atoms with E-state index in [2.05, 4.69) is 0 Å². The molecule has 0 aliphatic heterocycles. The second kappa shape index (κ2) is 4.91. The first-order chi connectivity index (χ1) is 8.08. The predicted molar refractivity (Wildman–Crippen MR) is 68.9 cm³/mol. The molecule has 0 aliphatic carbocycles. The average Bonchev–Trinajstić information content (AvgIpc) is 2.28. The highest BCUT2D eigenvalue weighted by Gasteiger charge is 2.13. The standard InChI is InChI=1S/C13H7F2IO/c14-9-3-1-2-8(6-9)13(17)11-5-4-10(15)7-12(11)16/h1-7H. The third-order valence-corrected chi connectivity index (χ3v) is 3.16. The minimum absolute atomic E-state index is 0.259. The highest BCUT2D eigenvalue weighted by molar-refractivity contribution is 14.1. The van der Waals surface area contributed by atoms with E-state index in [0.717, 1.165) is 0 Å². The van der Waals surface area contributed by atoms with Crippen LogP contribution >= 0.6 is 22.6 Å². The first-order valence-electron chi connectivity index (χ1n) is 4.83. The van der Waals surface area contributed by atoms with E-state index >= 15 is 0 Å². The van der Waals surface area contributed by atoms with Crippen LogP contribution in [0.5, 0.6) is 0 Å². The molecule has 4 heteroatoms. The zero-order chi connectivity index (χ0) is 12.4. The van der Waals surface area contributed by atoms with Crippen LogP contribution in [-0.4, -0.2) is 5.78 Å². The van der Waals surface area contributed by atoms with Gasteiger partial charge >= 0.3 is 0 Å². The van der Waals surface area contributed by atoms with Crippen LogP contribution in [0.25, 0.3) is 0 Å². The lowest BCUT2D eigenvalue weighted by Gasteiger charge is -2.04. The Hall–Kier alpha value is -1.30. The lowest BCUT2D eigenvalue weighted by molar-refractivity contribution is 0.103. The van der Waals surface area contributed by atoms with E-state index in [1.165, 1.54) is 42.5 Å². The molecule has 0 aromatic heterocycles. The summed E-state index contributed by atoms with van der Waals surface area (Å²) < 4.78 is 26.4. The lowest BCUT2D eigenvalue weighted by atomic mass is 10.0. The Kier molecular flexibility index (Phi) is 3.51. The molecule has 0 fully saturated rings. The van der Waals surface area contributed by atoms with Crippen LogP contribution in [0.4, 0.5) is 8.78 Å². The molecule has 0 spiro atoms. The minimum Gasteiger partial charge on any atom is -0.289 e. The maximum Gasteiger partial charge on any atom is 0.194 e. The molecule has 17 heavy (non-hydrogen) atoms. The van der Waals surface area contributed by atoms with Gasteiger partial charge in [0, 0.05) is 14.7 Å². The summed E-state index contributed by atoms with van der Waals surface area (Å²) in [7, 11) is 0.